The molecule has 0 N–H and O–H groups in total. The van der Waals surface area contributed by atoms with Crippen LogP contribution in [0.25, 0.3) is 6.08 Å². The Bertz CT molecular complexity index is 811. The lowest BCUT2D eigenvalue weighted by atomic mass is 10.2. The van der Waals surface area contributed by atoms with E-state index in [1.54, 1.807) is 22.1 Å². The minimum Gasteiger partial charge on any atom is -0.467 e. The minimum absolute atomic E-state index is 0.0391. The molecule has 1 saturated heterocycles. The van der Waals surface area contributed by atoms with Crippen LogP contribution in [0.2, 0.25) is 0 Å². The summed E-state index contributed by atoms with van der Waals surface area (Å²) in [7, 11) is 0. The molecule has 1 atom stereocenters. The molecule has 2 amide bonds. The highest BCUT2D eigenvalue weighted by Gasteiger charge is 2.25. The summed E-state index contributed by atoms with van der Waals surface area (Å²) in [6.45, 7) is 4.18. The van der Waals surface area contributed by atoms with Gasteiger partial charge in [-0.3, -0.25) is 9.59 Å². The average Bonchev–Trinajstić information content (AvgIpc) is 3.46. The molecule has 1 aliphatic rings. The maximum atomic E-state index is 13.1. The Kier molecular flexibility index (Phi) is 8.27. The number of amides is 2. The molecule has 1 aromatic heterocycles. The molecule has 0 saturated carbocycles. The summed E-state index contributed by atoms with van der Waals surface area (Å²) in [5, 5.41) is 0. The summed E-state index contributed by atoms with van der Waals surface area (Å²) in [5.74, 6) is 0.458. The first-order valence-electron chi connectivity index (χ1n) is 10.6. The van der Waals surface area contributed by atoms with Gasteiger partial charge in [0.2, 0.25) is 11.8 Å². The molecular formula is C24H30N2O4. The SMILES string of the molecule is CCCN(CC(=O)N(Cc1ccco1)CC1CCCO1)C(=O)/C=C/c1ccccc1. The summed E-state index contributed by atoms with van der Waals surface area (Å²) in [6.07, 6.45) is 7.69. The van der Waals surface area contributed by atoms with E-state index in [9.17, 15) is 9.59 Å². The normalized spacial score (nSPS) is 16.1. The predicted octanol–water partition coefficient (Wildman–Crippen LogP) is 3.74. The Morgan fingerprint density at radius 2 is 1.97 bits per heavy atom. The number of furan rings is 1. The van der Waals surface area contributed by atoms with E-state index >= 15 is 0 Å². The van der Waals surface area contributed by atoms with Crippen LogP contribution in [0.3, 0.4) is 0 Å². The van der Waals surface area contributed by atoms with Gasteiger partial charge in [0, 0.05) is 25.8 Å². The van der Waals surface area contributed by atoms with E-state index in [1.165, 1.54) is 6.08 Å². The maximum Gasteiger partial charge on any atom is 0.247 e. The molecule has 6 heteroatoms. The fraction of sp³-hybridized carbons (Fsp3) is 0.417. The molecule has 6 nitrogen and oxygen atoms in total. The summed E-state index contributed by atoms with van der Waals surface area (Å²) >= 11 is 0. The summed E-state index contributed by atoms with van der Waals surface area (Å²) < 4.78 is 11.2. The molecule has 1 fully saturated rings. The highest BCUT2D eigenvalue weighted by molar-refractivity contribution is 5.94. The second-order valence-electron chi connectivity index (χ2n) is 7.49. The van der Waals surface area contributed by atoms with Crippen molar-refractivity contribution in [3.8, 4) is 0 Å². The molecule has 1 unspecified atom stereocenters. The van der Waals surface area contributed by atoms with Gasteiger partial charge >= 0.3 is 0 Å². The van der Waals surface area contributed by atoms with Crippen molar-refractivity contribution in [2.75, 3.05) is 26.2 Å². The van der Waals surface area contributed by atoms with Crippen molar-refractivity contribution in [3.63, 3.8) is 0 Å². The number of ether oxygens (including phenoxy) is 1. The van der Waals surface area contributed by atoms with Crippen molar-refractivity contribution in [2.24, 2.45) is 0 Å². The number of carbonyl (C=O) groups is 2. The van der Waals surface area contributed by atoms with E-state index in [0.717, 1.165) is 37.2 Å². The zero-order valence-electron chi connectivity index (χ0n) is 17.5. The van der Waals surface area contributed by atoms with Crippen LogP contribution >= 0.6 is 0 Å². The van der Waals surface area contributed by atoms with Gasteiger partial charge in [-0.05, 0) is 43.0 Å². The van der Waals surface area contributed by atoms with Crippen LogP contribution in [-0.4, -0.2) is 54.0 Å². The lowest BCUT2D eigenvalue weighted by molar-refractivity contribution is -0.139. The highest BCUT2D eigenvalue weighted by Crippen LogP contribution is 2.16. The first-order chi connectivity index (χ1) is 14.7. The Morgan fingerprint density at radius 1 is 1.13 bits per heavy atom. The van der Waals surface area contributed by atoms with Crippen LogP contribution in [0.1, 0.15) is 37.5 Å². The van der Waals surface area contributed by atoms with Gasteiger partial charge in [0.05, 0.1) is 18.9 Å². The third kappa shape index (κ3) is 6.59. The van der Waals surface area contributed by atoms with Crippen LogP contribution in [0.15, 0.2) is 59.2 Å². The van der Waals surface area contributed by atoms with E-state index in [4.69, 9.17) is 9.15 Å². The van der Waals surface area contributed by atoms with E-state index < -0.39 is 0 Å². The van der Waals surface area contributed by atoms with E-state index in [1.807, 2.05) is 49.4 Å². The summed E-state index contributed by atoms with van der Waals surface area (Å²) in [5.41, 5.74) is 0.950. The minimum atomic E-state index is -0.163. The van der Waals surface area contributed by atoms with Crippen molar-refractivity contribution < 1.29 is 18.7 Å². The van der Waals surface area contributed by atoms with Crippen LogP contribution in [-0.2, 0) is 20.9 Å². The number of hydrogen-bond acceptors (Lipinski definition) is 4. The second kappa shape index (κ2) is 11.4. The zero-order chi connectivity index (χ0) is 21.2. The number of carbonyl (C=O) groups excluding carboxylic acids is 2. The van der Waals surface area contributed by atoms with Gasteiger partial charge in [-0.25, -0.2) is 0 Å². The summed E-state index contributed by atoms with van der Waals surface area (Å²) in [6, 6.07) is 13.3. The predicted molar refractivity (Wildman–Crippen MR) is 115 cm³/mol. The standard InChI is InChI=1S/C24H30N2O4/c1-2-14-25(23(27)13-12-20-8-4-3-5-9-20)19-24(28)26(17-21-10-6-15-29-21)18-22-11-7-16-30-22/h3-6,8-10,12-13,15,22H,2,7,11,14,16-19H2,1H3/b13-12+. The molecular weight excluding hydrogens is 380 g/mol. The molecule has 0 bridgehead atoms. The molecule has 0 spiro atoms. The third-order valence-electron chi connectivity index (χ3n) is 5.08. The van der Waals surface area contributed by atoms with Gasteiger partial charge in [-0.2, -0.15) is 0 Å². The van der Waals surface area contributed by atoms with Crippen molar-refractivity contribution in [1.29, 1.82) is 0 Å². The van der Waals surface area contributed by atoms with Gasteiger partial charge < -0.3 is 19.0 Å². The number of nitrogens with zero attached hydrogens (tertiary/aromatic N) is 2. The lowest BCUT2D eigenvalue weighted by Gasteiger charge is -2.28. The average molecular weight is 411 g/mol. The van der Waals surface area contributed by atoms with Crippen molar-refractivity contribution in [1.82, 2.24) is 9.80 Å². The van der Waals surface area contributed by atoms with E-state index in [2.05, 4.69) is 0 Å². The van der Waals surface area contributed by atoms with Crippen molar-refractivity contribution in [2.45, 2.75) is 38.8 Å². The van der Waals surface area contributed by atoms with Crippen molar-refractivity contribution in [3.05, 3.63) is 66.1 Å². The number of rotatable bonds is 10. The van der Waals surface area contributed by atoms with E-state index in [0.29, 0.717) is 19.6 Å². The smallest absolute Gasteiger partial charge is 0.247 e. The monoisotopic (exact) mass is 410 g/mol. The first kappa shape index (κ1) is 21.8. The number of hydrogen-bond donors (Lipinski definition) is 0. The second-order valence-corrected chi connectivity index (χ2v) is 7.49. The molecule has 0 radical (unpaired) electrons. The Labute approximate surface area is 178 Å². The van der Waals surface area contributed by atoms with E-state index in [-0.39, 0.29) is 24.5 Å². The molecule has 3 rings (SSSR count). The molecule has 1 aromatic carbocycles. The Balaban J connectivity index is 1.66. The third-order valence-corrected chi connectivity index (χ3v) is 5.08. The molecule has 160 valence electrons. The fourth-order valence-corrected chi connectivity index (χ4v) is 3.52. The van der Waals surface area contributed by atoms with Gasteiger partial charge in [-0.15, -0.1) is 0 Å². The van der Waals surface area contributed by atoms with Crippen LogP contribution in [0, 0.1) is 0 Å². The highest BCUT2D eigenvalue weighted by atomic mass is 16.5. The molecule has 30 heavy (non-hydrogen) atoms. The van der Waals surface area contributed by atoms with Gasteiger partial charge in [0.1, 0.15) is 12.3 Å². The largest absolute Gasteiger partial charge is 0.467 e. The molecule has 0 aliphatic carbocycles. The maximum absolute atomic E-state index is 13.1. The lowest BCUT2D eigenvalue weighted by Crippen LogP contribution is -2.44. The van der Waals surface area contributed by atoms with Gasteiger partial charge in [0.15, 0.2) is 0 Å². The quantitative estimate of drug-likeness (QED) is 0.560. The number of benzene rings is 1. The fourth-order valence-electron chi connectivity index (χ4n) is 3.52. The van der Waals surface area contributed by atoms with Crippen LogP contribution in [0.4, 0.5) is 0 Å². The Morgan fingerprint density at radius 3 is 2.63 bits per heavy atom. The first-order valence-corrected chi connectivity index (χ1v) is 10.6. The van der Waals surface area contributed by atoms with Gasteiger partial charge in [0.25, 0.3) is 0 Å². The zero-order valence-corrected chi connectivity index (χ0v) is 17.5. The Hall–Kier alpha value is -2.86. The molecule has 1 aliphatic heterocycles. The van der Waals surface area contributed by atoms with Crippen molar-refractivity contribution >= 4 is 17.9 Å². The molecule has 2 heterocycles. The summed E-state index contributed by atoms with van der Waals surface area (Å²) in [4.78, 5) is 29.2. The van der Waals surface area contributed by atoms with Gasteiger partial charge in [-0.1, -0.05) is 37.3 Å². The topological polar surface area (TPSA) is 63.0 Å². The molecule has 2 aromatic rings. The van der Waals surface area contributed by atoms with Crippen LogP contribution in [0.5, 0.6) is 0 Å². The van der Waals surface area contributed by atoms with Crippen LogP contribution < -0.4 is 0 Å².